The van der Waals surface area contributed by atoms with Gasteiger partial charge in [-0.25, -0.2) is 9.18 Å². The van der Waals surface area contributed by atoms with Crippen LogP contribution in [-0.2, 0) is 4.74 Å². The van der Waals surface area contributed by atoms with E-state index in [4.69, 9.17) is 15.2 Å². The van der Waals surface area contributed by atoms with Crippen LogP contribution in [0.2, 0.25) is 0 Å². The van der Waals surface area contributed by atoms with Crippen LogP contribution in [0.5, 0.6) is 11.5 Å². The number of benzene rings is 2. The van der Waals surface area contributed by atoms with E-state index in [-0.39, 0.29) is 22.4 Å². The summed E-state index contributed by atoms with van der Waals surface area (Å²) in [5.74, 6) is -0.392. The molecule has 0 aliphatic heterocycles. The van der Waals surface area contributed by atoms with Crippen molar-refractivity contribution in [1.82, 2.24) is 0 Å². The molecule has 0 saturated heterocycles. The van der Waals surface area contributed by atoms with Gasteiger partial charge in [-0.1, -0.05) is 6.07 Å². The average Bonchev–Trinajstić information content (AvgIpc) is 2.45. The van der Waals surface area contributed by atoms with Crippen LogP contribution < -0.4 is 10.5 Å². The molecule has 2 aromatic rings. The fraction of sp³-hybridized carbons (Fsp3) is 0.133. The van der Waals surface area contributed by atoms with E-state index in [1.165, 1.54) is 18.2 Å². The summed E-state index contributed by atoms with van der Waals surface area (Å²) in [6, 6.07) is 8.95. The number of esters is 1. The second-order valence-corrected chi connectivity index (χ2v) is 4.98. The molecular formula is C15H13BrFNO3. The molecule has 2 aromatic carbocycles. The monoisotopic (exact) mass is 353 g/mol. The third kappa shape index (κ3) is 3.52. The molecule has 0 aliphatic carbocycles. The van der Waals surface area contributed by atoms with Gasteiger partial charge in [0.05, 0.1) is 16.8 Å². The normalized spacial score (nSPS) is 10.2. The summed E-state index contributed by atoms with van der Waals surface area (Å²) in [5.41, 5.74) is 6.36. The Hall–Kier alpha value is -2.08. The first-order chi connectivity index (χ1) is 10.0. The molecule has 0 unspecified atom stereocenters. The minimum absolute atomic E-state index is 0.189. The van der Waals surface area contributed by atoms with Gasteiger partial charge in [-0.15, -0.1) is 0 Å². The summed E-state index contributed by atoms with van der Waals surface area (Å²) in [7, 11) is 0. The molecule has 110 valence electrons. The van der Waals surface area contributed by atoms with Gasteiger partial charge in [0.2, 0.25) is 0 Å². The molecule has 0 atom stereocenters. The number of halogens is 2. The largest absolute Gasteiger partial charge is 0.462 e. The van der Waals surface area contributed by atoms with Gasteiger partial charge in [-0.05, 0) is 53.2 Å². The Labute approximate surface area is 129 Å². The van der Waals surface area contributed by atoms with Crippen LogP contribution in [-0.4, -0.2) is 12.6 Å². The molecule has 2 N–H and O–H groups in total. The van der Waals surface area contributed by atoms with Crippen LogP contribution in [0.15, 0.2) is 40.9 Å². The predicted octanol–water partition coefficient (Wildman–Crippen LogP) is 4.14. The molecule has 0 bridgehead atoms. The van der Waals surface area contributed by atoms with Crippen molar-refractivity contribution >= 4 is 27.6 Å². The third-order valence-corrected chi connectivity index (χ3v) is 3.26. The number of ether oxygens (including phenoxy) is 2. The molecule has 0 fully saturated rings. The van der Waals surface area contributed by atoms with Gasteiger partial charge in [0.25, 0.3) is 0 Å². The van der Waals surface area contributed by atoms with E-state index in [2.05, 4.69) is 15.9 Å². The van der Waals surface area contributed by atoms with Crippen LogP contribution in [0.3, 0.4) is 0 Å². The Morgan fingerprint density at radius 3 is 2.76 bits per heavy atom. The average molecular weight is 354 g/mol. The van der Waals surface area contributed by atoms with Crippen LogP contribution in [0.25, 0.3) is 0 Å². The van der Waals surface area contributed by atoms with Crippen molar-refractivity contribution in [1.29, 1.82) is 0 Å². The van der Waals surface area contributed by atoms with Crippen molar-refractivity contribution < 1.29 is 18.7 Å². The summed E-state index contributed by atoms with van der Waals surface area (Å²) in [5, 5.41) is 0. The fourth-order valence-corrected chi connectivity index (χ4v) is 2.05. The molecule has 0 aliphatic rings. The second-order valence-electron chi connectivity index (χ2n) is 4.12. The number of hydrogen-bond donors (Lipinski definition) is 1. The van der Waals surface area contributed by atoms with Crippen molar-refractivity contribution in [2.24, 2.45) is 0 Å². The Kier molecular flexibility index (Phi) is 4.80. The van der Waals surface area contributed by atoms with Gasteiger partial charge in [0.1, 0.15) is 17.1 Å². The quantitative estimate of drug-likeness (QED) is 0.662. The molecule has 0 heterocycles. The first kappa shape index (κ1) is 15.3. The van der Waals surface area contributed by atoms with Gasteiger partial charge >= 0.3 is 5.97 Å². The maximum atomic E-state index is 13.2. The van der Waals surface area contributed by atoms with Crippen molar-refractivity contribution in [2.45, 2.75) is 6.92 Å². The molecule has 0 aromatic heterocycles. The SMILES string of the molecule is CCOC(=O)c1cccc(N)c1Oc1ccc(F)c(Br)c1. The number of rotatable bonds is 4. The summed E-state index contributed by atoms with van der Waals surface area (Å²) < 4.78 is 24.1. The molecule has 4 nitrogen and oxygen atoms in total. The van der Waals surface area contributed by atoms with Crippen molar-refractivity contribution in [3.05, 3.63) is 52.3 Å². The van der Waals surface area contributed by atoms with E-state index in [1.807, 2.05) is 0 Å². The molecule has 0 radical (unpaired) electrons. The molecule has 2 rings (SSSR count). The van der Waals surface area contributed by atoms with Crippen molar-refractivity contribution in [2.75, 3.05) is 12.3 Å². The van der Waals surface area contributed by atoms with Crippen LogP contribution in [0.1, 0.15) is 17.3 Å². The minimum atomic E-state index is -0.527. The number of carbonyl (C=O) groups is 1. The predicted molar refractivity (Wildman–Crippen MR) is 81.0 cm³/mol. The Balaban J connectivity index is 2.38. The number of nitrogen functional groups attached to an aromatic ring is 1. The first-order valence-electron chi connectivity index (χ1n) is 6.21. The summed E-state index contributed by atoms with van der Waals surface area (Å²) >= 11 is 3.07. The molecule has 21 heavy (non-hydrogen) atoms. The van der Waals surface area contributed by atoms with E-state index in [0.29, 0.717) is 11.4 Å². The third-order valence-electron chi connectivity index (χ3n) is 2.65. The van der Waals surface area contributed by atoms with E-state index in [9.17, 15) is 9.18 Å². The minimum Gasteiger partial charge on any atom is -0.462 e. The summed E-state index contributed by atoms with van der Waals surface area (Å²) in [4.78, 5) is 11.9. The maximum Gasteiger partial charge on any atom is 0.342 e. The van der Waals surface area contributed by atoms with E-state index < -0.39 is 11.8 Å². The second kappa shape index (κ2) is 6.58. The zero-order valence-corrected chi connectivity index (χ0v) is 12.8. The number of carbonyl (C=O) groups excluding carboxylic acids is 1. The van der Waals surface area contributed by atoms with E-state index in [1.54, 1.807) is 25.1 Å². The van der Waals surface area contributed by atoms with Crippen LogP contribution >= 0.6 is 15.9 Å². The van der Waals surface area contributed by atoms with Gasteiger partial charge in [0, 0.05) is 0 Å². The summed E-state index contributed by atoms with van der Waals surface area (Å²) in [6.07, 6.45) is 0. The first-order valence-corrected chi connectivity index (χ1v) is 7.00. The lowest BCUT2D eigenvalue weighted by atomic mass is 10.1. The summed E-state index contributed by atoms with van der Waals surface area (Å²) in [6.45, 7) is 1.96. The lowest BCUT2D eigenvalue weighted by Gasteiger charge is -2.13. The zero-order chi connectivity index (χ0) is 15.4. The smallest absolute Gasteiger partial charge is 0.342 e. The maximum absolute atomic E-state index is 13.2. The number of para-hydroxylation sites is 1. The fourth-order valence-electron chi connectivity index (χ4n) is 1.70. The van der Waals surface area contributed by atoms with Crippen LogP contribution in [0.4, 0.5) is 10.1 Å². The molecule has 6 heteroatoms. The van der Waals surface area contributed by atoms with E-state index in [0.717, 1.165) is 0 Å². The van der Waals surface area contributed by atoms with Gasteiger partial charge in [-0.2, -0.15) is 0 Å². The highest BCUT2D eigenvalue weighted by Crippen LogP contribution is 2.33. The van der Waals surface area contributed by atoms with Crippen molar-refractivity contribution in [3.8, 4) is 11.5 Å². The van der Waals surface area contributed by atoms with Gasteiger partial charge in [0.15, 0.2) is 5.75 Å². The molecule has 0 amide bonds. The number of anilines is 1. The lowest BCUT2D eigenvalue weighted by molar-refractivity contribution is 0.0523. The van der Waals surface area contributed by atoms with Crippen LogP contribution in [0, 0.1) is 5.82 Å². The lowest BCUT2D eigenvalue weighted by Crippen LogP contribution is -2.08. The van der Waals surface area contributed by atoms with E-state index >= 15 is 0 Å². The Morgan fingerprint density at radius 2 is 2.10 bits per heavy atom. The van der Waals surface area contributed by atoms with Gasteiger partial charge in [-0.3, -0.25) is 0 Å². The zero-order valence-electron chi connectivity index (χ0n) is 11.2. The topological polar surface area (TPSA) is 61.5 Å². The Morgan fingerprint density at radius 1 is 1.33 bits per heavy atom. The Bertz CT molecular complexity index is 676. The molecule has 0 saturated carbocycles. The highest BCUT2D eigenvalue weighted by molar-refractivity contribution is 9.10. The number of nitrogens with two attached hydrogens (primary N) is 1. The van der Waals surface area contributed by atoms with Crippen molar-refractivity contribution in [3.63, 3.8) is 0 Å². The molecular weight excluding hydrogens is 341 g/mol. The number of hydrogen-bond acceptors (Lipinski definition) is 4. The highest BCUT2D eigenvalue weighted by atomic mass is 79.9. The standard InChI is InChI=1S/C15H13BrFNO3/c1-2-20-15(19)10-4-3-5-13(18)14(10)21-9-6-7-12(17)11(16)8-9/h3-8H,2,18H2,1H3. The van der Waals surface area contributed by atoms with Gasteiger partial charge < -0.3 is 15.2 Å². The molecule has 0 spiro atoms. The highest BCUT2D eigenvalue weighted by Gasteiger charge is 2.17.